The molecule has 0 aromatic rings. The van der Waals surface area contributed by atoms with E-state index in [4.69, 9.17) is 4.84 Å². The molecule has 0 amide bonds. The molecule has 64 valence electrons. The Bertz CT molecular complexity index is 117. The third-order valence-electron chi connectivity index (χ3n) is 1.90. The molecule has 1 rings (SSSR count). The zero-order valence-electron chi connectivity index (χ0n) is 7.25. The molecule has 0 unspecified atom stereocenters. The molecule has 0 aromatic carbocycles. The van der Waals surface area contributed by atoms with E-state index in [0.717, 1.165) is 19.7 Å². The summed E-state index contributed by atoms with van der Waals surface area (Å²) in [6, 6.07) is 0. The van der Waals surface area contributed by atoms with E-state index in [-0.39, 0.29) is 0 Å². The first-order valence-corrected chi connectivity index (χ1v) is 4.42. The summed E-state index contributed by atoms with van der Waals surface area (Å²) in [6.07, 6.45) is 7.99. The second-order valence-electron chi connectivity index (χ2n) is 2.85. The van der Waals surface area contributed by atoms with Gasteiger partial charge in [-0.1, -0.05) is 18.6 Å². The van der Waals surface area contributed by atoms with Gasteiger partial charge >= 0.3 is 0 Å². The fourth-order valence-electron chi connectivity index (χ4n) is 1.24. The van der Waals surface area contributed by atoms with Crippen LogP contribution in [0.1, 0.15) is 26.2 Å². The van der Waals surface area contributed by atoms with Crippen LogP contribution in [0.5, 0.6) is 0 Å². The maximum atomic E-state index is 5.47. The van der Waals surface area contributed by atoms with Crippen molar-refractivity contribution < 1.29 is 4.84 Å². The summed E-state index contributed by atoms with van der Waals surface area (Å²) in [5, 5.41) is 2.07. The molecule has 1 aliphatic rings. The summed E-state index contributed by atoms with van der Waals surface area (Å²) in [5.41, 5.74) is 0. The Morgan fingerprint density at radius 3 is 2.64 bits per heavy atom. The van der Waals surface area contributed by atoms with Gasteiger partial charge in [-0.25, -0.2) is 0 Å². The molecule has 1 fully saturated rings. The fourth-order valence-corrected chi connectivity index (χ4v) is 1.24. The number of hydrogen-bond donors (Lipinski definition) is 0. The monoisotopic (exact) mass is 155 g/mol. The standard InChI is InChI=1S/C9H17NO/c1-2-3-9-11-10-7-5-4-6-8-10/h2-3H,4-9H2,1H3. The summed E-state index contributed by atoms with van der Waals surface area (Å²) in [7, 11) is 0. The van der Waals surface area contributed by atoms with Gasteiger partial charge in [-0.3, -0.25) is 4.84 Å². The van der Waals surface area contributed by atoms with Crippen LogP contribution in [0.2, 0.25) is 0 Å². The molecule has 0 bridgehead atoms. The van der Waals surface area contributed by atoms with Crippen molar-refractivity contribution in [3.05, 3.63) is 12.2 Å². The van der Waals surface area contributed by atoms with Crippen molar-refractivity contribution in [2.75, 3.05) is 19.7 Å². The lowest BCUT2D eigenvalue weighted by Gasteiger charge is -2.24. The Kier molecular flexibility index (Phi) is 4.24. The van der Waals surface area contributed by atoms with E-state index in [2.05, 4.69) is 5.06 Å². The van der Waals surface area contributed by atoms with Crippen molar-refractivity contribution in [1.82, 2.24) is 5.06 Å². The van der Waals surface area contributed by atoms with E-state index in [1.54, 1.807) is 0 Å². The van der Waals surface area contributed by atoms with Gasteiger partial charge in [0.15, 0.2) is 0 Å². The van der Waals surface area contributed by atoms with E-state index < -0.39 is 0 Å². The molecular formula is C9H17NO. The van der Waals surface area contributed by atoms with Crippen LogP contribution < -0.4 is 0 Å². The number of piperidine rings is 1. The quantitative estimate of drug-likeness (QED) is 0.578. The Balaban J connectivity index is 2.04. The molecule has 0 aliphatic carbocycles. The van der Waals surface area contributed by atoms with Gasteiger partial charge in [-0.05, 0) is 19.8 Å². The van der Waals surface area contributed by atoms with Crippen LogP contribution in [-0.2, 0) is 4.84 Å². The number of rotatable bonds is 3. The predicted molar refractivity (Wildman–Crippen MR) is 46.2 cm³/mol. The highest BCUT2D eigenvalue weighted by atomic mass is 16.7. The summed E-state index contributed by atoms with van der Waals surface area (Å²) < 4.78 is 0. The van der Waals surface area contributed by atoms with Crippen molar-refractivity contribution in [3.8, 4) is 0 Å². The van der Waals surface area contributed by atoms with Crippen LogP contribution in [0.15, 0.2) is 12.2 Å². The van der Waals surface area contributed by atoms with Gasteiger partial charge in [0, 0.05) is 13.1 Å². The number of nitrogens with zero attached hydrogens (tertiary/aromatic N) is 1. The van der Waals surface area contributed by atoms with Crippen LogP contribution in [0, 0.1) is 0 Å². The second-order valence-corrected chi connectivity index (χ2v) is 2.85. The molecule has 1 saturated heterocycles. The molecule has 0 spiro atoms. The van der Waals surface area contributed by atoms with Crippen LogP contribution in [0.4, 0.5) is 0 Å². The van der Waals surface area contributed by atoms with E-state index in [1.807, 2.05) is 19.1 Å². The van der Waals surface area contributed by atoms with Crippen LogP contribution in [-0.4, -0.2) is 24.8 Å². The predicted octanol–water partition coefficient (Wildman–Crippen LogP) is 1.98. The van der Waals surface area contributed by atoms with Gasteiger partial charge < -0.3 is 0 Å². The smallest absolute Gasteiger partial charge is 0.0866 e. The van der Waals surface area contributed by atoms with Crippen molar-refractivity contribution in [2.45, 2.75) is 26.2 Å². The van der Waals surface area contributed by atoms with Crippen LogP contribution in [0.25, 0.3) is 0 Å². The molecule has 1 aliphatic heterocycles. The van der Waals surface area contributed by atoms with Crippen molar-refractivity contribution in [2.24, 2.45) is 0 Å². The average Bonchev–Trinajstić information content (AvgIpc) is 2.07. The topological polar surface area (TPSA) is 12.5 Å². The minimum atomic E-state index is 0.733. The molecule has 0 radical (unpaired) electrons. The highest BCUT2D eigenvalue weighted by Gasteiger charge is 2.08. The van der Waals surface area contributed by atoms with Crippen LogP contribution >= 0.6 is 0 Å². The minimum absolute atomic E-state index is 0.733. The van der Waals surface area contributed by atoms with Crippen molar-refractivity contribution in [3.63, 3.8) is 0 Å². The van der Waals surface area contributed by atoms with Crippen molar-refractivity contribution in [1.29, 1.82) is 0 Å². The molecule has 0 atom stereocenters. The summed E-state index contributed by atoms with van der Waals surface area (Å²) in [5.74, 6) is 0. The lowest BCUT2D eigenvalue weighted by molar-refractivity contribution is -0.157. The molecule has 1 heterocycles. The van der Waals surface area contributed by atoms with E-state index in [1.165, 1.54) is 19.3 Å². The maximum absolute atomic E-state index is 5.47. The lowest BCUT2D eigenvalue weighted by atomic mass is 10.2. The van der Waals surface area contributed by atoms with Crippen LogP contribution in [0.3, 0.4) is 0 Å². The van der Waals surface area contributed by atoms with Gasteiger partial charge in [0.2, 0.25) is 0 Å². The highest BCUT2D eigenvalue weighted by molar-refractivity contribution is 4.75. The molecule has 2 heteroatoms. The van der Waals surface area contributed by atoms with Gasteiger partial charge in [0.25, 0.3) is 0 Å². The molecule has 2 nitrogen and oxygen atoms in total. The Labute approximate surface area is 68.8 Å². The second kappa shape index (κ2) is 5.33. The molecular weight excluding hydrogens is 138 g/mol. The SMILES string of the molecule is CC=CCON1CCCCC1. The lowest BCUT2D eigenvalue weighted by Crippen LogP contribution is -2.29. The molecule has 0 N–H and O–H groups in total. The zero-order valence-corrected chi connectivity index (χ0v) is 7.25. The normalized spacial score (nSPS) is 21.2. The number of hydrogen-bond acceptors (Lipinski definition) is 2. The number of hydroxylamine groups is 2. The van der Waals surface area contributed by atoms with Gasteiger partial charge in [0.1, 0.15) is 0 Å². The summed E-state index contributed by atoms with van der Waals surface area (Å²) >= 11 is 0. The zero-order chi connectivity index (χ0) is 7.94. The van der Waals surface area contributed by atoms with Crippen molar-refractivity contribution >= 4 is 0 Å². The first-order chi connectivity index (χ1) is 5.43. The Morgan fingerprint density at radius 1 is 1.27 bits per heavy atom. The third kappa shape index (κ3) is 3.54. The van der Waals surface area contributed by atoms with E-state index in [0.29, 0.717) is 0 Å². The van der Waals surface area contributed by atoms with E-state index in [9.17, 15) is 0 Å². The largest absolute Gasteiger partial charge is 0.295 e. The summed E-state index contributed by atoms with van der Waals surface area (Å²) in [4.78, 5) is 5.47. The minimum Gasteiger partial charge on any atom is -0.295 e. The summed E-state index contributed by atoms with van der Waals surface area (Å²) in [6.45, 7) is 4.96. The molecule has 0 aromatic heterocycles. The average molecular weight is 155 g/mol. The third-order valence-corrected chi connectivity index (χ3v) is 1.90. The first-order valence-electron chi connectivity index (χ1n) is 4.42. The van der Waals surface area contributed by atoms with Gasteiger partial charge in [0.05, 0.1) is 6.61 Å². The molecule has 11 heavy (non-hydrogen) atoms. The first kappa shape index (κ1) is 8.75. The molecule has 0 saturated carbocycles. The number of allylic oxidation sites excluding steroid dienone is 1. The van der Waals surface area contributed by atoms with Gasteiger partial charge in [-0.15, -0.1) is 0 Å². The van der Waals surface area contributed by atoms with E-state index >= 15 is 0 Å². The fraction of sp³-hybridized carbons (Fsp3) is 0.778. The maximum Gasteiger partial charge on any atom is 0.0866 e. The highest BCUT2D eigenvalue weighted by Crippen LogP contribution is 2.08. The van der Waals surface area contributed by atoms with Gasteiger partial charge in [-0.2, -0.15) is 5.06 Å². The Morgan fingerprint density at radius 2 is 2.00 bits per heavy atom. The Hall–Kier alpha value is -0.340.